The maximum Gasteiger partial charge on any atom is 0.145 e. The van der Waals surface area contributed by atoms with Crippen LogP contribution in [0.2, 0.25) is 0 Å². The Hall–Kier alpha value is -6.26. The molecule has 3 heterocycles. The van der Waals surface area contributed by atoms with Crippen LogP contribution in [-0.2, 0) is 26.5 Å². The number of rotatable bonds is 5. The fraction of sp³-hybridized carbons (Fsp3) is 0.0962. The summed E-state index contributed by atoms with van der Waals surface area (Å²) in [7, 11) is 0. The van der Waals surface area contributed by atoms with Crippen LogP contribution in [0.4, 0.5) is 17.1 Å². The Kier molecular flexibility index (Phi) is 8.52. The van der Waals surface area contributed by atoms with Crippen molar-refractivity contribution < 1.29 is 26.0 Å². The molecule has 2 aromatic heterocycles. The van der Waals surface area contributed by atoms with Crippen molar-refractivity contribution in [3.8, 4) is 28.1 Å². The molecule has 1 aliphatic carbocycles. The second kappa shape index (κ2) is 13.7. The van der Waals surface area contributed by atoms with E-state index in [9.17, 15) is 0 Å². The summed E-state index contributed by atoms with van der Waals surface area (Å²) in [6, 6.07) is 68.6. The first-order chi connectivity index (χ1) is 27.9. The van der Waals surface area contributed by atoms with Gasteiger partial charge in [0.1, 0.15) is 22.7 Å². The molecule has 0 saturated heterocycles. The summed E-state index contributed by atoms with van der Waals surface area (Å²) >= 11 is 0. The van der Waals surface area contributed by atoms with Gasteiger partial charge in [0.2, 0.25) is 0 Å². The monoisotopic (exact) mass is 930 g/mol. The third-order valence-electron chi connectivity index (χ3n) is 11.6. The molecule has 5 nitrogen and oxygen atoms in total. The van der Waals surface area contributed by atoms with Gasteiger partial charge in [0.25, 0.3) is 0 Å². The van der Waals surface area contributed by atoms with Crippen LogP contribution in [-0.4, -0.2) is 20.0 Å². The molecular formula is C52H39N4OPt-. The average molecular weight is 931 g/mol. The smallest absolute Gasteiger partial charge is 0.145 e. The summed E-state index contributed by atoms with van der Waals surface area (Å²) in [4.78, 5) is 10.2. The molecule has 0 amide bonds. The molecule has 0 atom stereocenters. The van der Waals surface area contributed by atoms with E-state index in [0.29, 0.717) is 0 Å². The number of benzene rings is 7. The molecule has 11 rings (SSSR count). The van der Waals surface area contributed by atoms with Crippen molar-refractivity contribution in [1.29, 1.82) is 0 Å². The van der Waals surface area contributed by atoms with E-state index < -0.39 is 5.41 Å². The van der Waals surface area contributed by atoms with Gasteiger partial charge in [0.05, 0.1) is 0 Å². The van der Waals surface area contributed by atoms with Crippen molar-refractivity contribution in [2.45, 2.75) is 31.7 Å². The summed E-state index contributed by atoms with van der Waals surface area (Å²) in [6.45, 7) is 6.57. The van der Waals surface area contributed by atoms with E-state index in [0.717, 1.165) is 66.9 Å². The van der Waals surface area contributed by atoms with E-state index in [-0.39, 0.29) is 26.6 Å². The molecule has 0 radical (unpaired) electrons. The number of para-hydroxylation sites is 3. The van der Waals surface area contributed by atoms with Crippen molar-refractivity contribution in [3.63, 3.8) is 0 Å². The van der Waals surface area contributed by atoms with Gasteiger partial charge in [-0.1, -0.05) is 115 Å². The predicted octanol–water partition coefficient (Wildman–Crippen LogP) is 12.4. The van der Waals surface area contributed by atoms with Crippen LogP contribution in [0.5, 0.6) is 0 Å². The van der Waals surface area contributed by atoms with Crippen LogP contribution < -0.4 is 10.1 Å². The zero-order valence-electron chi connectivity index (χ0n) is 32.3. The molecule has 9 aromatic rings. The molecule has 0 spiro atoms. The van der Waals surface area contributed by atoms with Crippen LogP contribution in [0, 0.1) is 12.1 Å². The predicted molar refractivity (Wildman–Crippen MR) is 232 cm³/mol. The number of anilines is 3. The molecule has 1 aliphatic heterocycles. The number of hydrogen-bond acceptors (Lipinski definition) is 3. The van der Waals surface area contributed by atoms with Gasteiger partial charge in [-0.2, -0.15) is 35.3 Å². The number of pyridine rings is 1. The van der Waals surface area contributed by atoms with Gasteiger partial charge in [-0.3, -0.25) is 0 Å². The number of hydrogen-bond donors (Lipinski definition) is 0. The zero-order chi connectivity index (χ0) is 38.3. The number of hydroxylamine groups is 1. The third kappa shape index (κ3) is 5.34. The minimum atomic E-state index is -0.735. The van der Waals surface area contributed by atoms with Crippen molar-refractivity contribution in [2.75, 3.05) is 10.1 Å². The normalized spacial score (nSPS) is 14.0. The minimum Gasteiger partial charge on any atom is -0.319 e. The van der Waals surface area contributed by atoms with Gasteiger partial charge >= 0.3 is 0 Å². The van der Waals surface area contributed by atoms with Gasteiger partial charge < -0.3 is 4.57 Å². The maximum atomic E-state index is 5.21. The number of nitrogens with zero attached hydrogens (tertiary/aromatic N) is 4. The van der Waals surface area contributed by atoms with Gasteiger partial charge in [-0.25, -0.2) is 4.98 Å². The molecule has 58 heavy (non-hydrogen) atoms. The second-order valence-corrected chi connectivity index (χ2v) is 15.9. The first-order valence-corrected chi connectivity index (χ1v) is 19.5. The maximum absolute atomic E-state index is 5.21. The van der Waals surface area contributed by atoms with Gasteiger partial charge in [0, 0.05) is 43.9 Å². The Morgan fingerprint density at radius 1 is 0.569 bits per heavy atom. The minimum absolute atomic E-state index is 0. The Balaban J connectivity index is 0.00000408. The third-order valence-corrected chi connectivity index (χ3v) is 11.6. The summed E-state index contributed by atoms with van der Waals surface area (Å²) < 4.78 is 2.28. The van der Waals surface area contributed by atoms with E-state index in [1.807, 2.05) is 11.3 Å². The van der Waals surface area contributed by atoms with Crippen molar-refractivity contribution in [3.05, 3.63) is 210 Å². The SMILES string of the molecule is CC(C)(C)N1[OH+]N(c2[c-]c(C3(c4[c-]c5c(cc4)c4ccccc4n5-c4cc(-c5ccccc5)ccn4)c4ccccc4-c4ccccc43)ccc2)c2ccccc21.[Pt]. The average Bonchev–Trinajstić information content (AvgIpc) is 3.91. The van der Waals surface area contributed by atoms with Crippen LogP contribution in [0.15, 0.2) is 176 Å². The van der Waals surface area contributed by atoms with Crippen LogP contribution in [0.1, 0.15) is 43.0 Å². The van der Waals surface area contributed by atoms with Crippen molar-refractivity contribution >= 4 is 38.9 Å². The van der Waals surface area contributed by atoms with Crippen LogP contribution >= 0.6 is 0 Å². The summed E-state index contributed by atoms with van der Waals surface area (Å²) in [5, 5.41) is 6.44. The summed E-state index contributed by atoms with van der Waals surface area (Å²) in [5.74, 6) is 0.850. The zero-order valence-corrected chi connectivity index (χ0v) is 34.6. The van der Waals surface area contributed by atoms with Gasteiger partial charge in [-0.15, -0.1) is 38.8 Å². The van der Waals surface area contributed by atoms with Crippen molar-refractivity contribution in [1.82, 2.24) is 9.55 Å². The fourth-order valence-electron chi connectivity index (χ4n) is 9.14. The number of fused-ring (bicyclic) bond motifs is 7. The van der Waals surface area contributed by atoms with Crippen LogP contribution in [0.25, 0.3) is 49.9 Å². The topological polar surface area (TPSA) is 37.1 Å². The molecule has 1 N–H and O–H groups in total. The first kappa shape index (κ1) is 36.1. The molecular weight excluding hydrogens is 892 g/mol. The summed E-state index contributed by atoms with van der Waals surface area (Å²) in [6.07, 6.45) is 1.91. The molecule has 6 heteroatoms. The van der Waals surface area contributed by atoms with E-state index in [4.69, 9.17) is 9.92 Å². The Morgan fingerprint density at radius 2 is 1.22 bits per heavy atom. The Bertz CT molecular complexity index is 2970. The van der Waals surface area contributed by atoms with Crippen molar-refractivity contribution in [2.24, 2.45) is 0 Å². The van der Waals surface area contributed by atoms with Crippen LogP contribution in [0.3, 0.4) is 0 Å². The second-order valence-electron chi connectivity index (χ2n) is 15.9. The molecule has 0 fully saturated rings. The molecule has 0 unspecified atom stereocenters. The van der Waals surface area contributed by atoms with E-state index >= 15 is 0 Å². The fourth-order valence-corrected chi connectivity index (χ4v) is 9.14. The number of aromatic nitrogens is 2. The molecule has 0 bridgehead atoms. The van der Waals surface area contributed by atoms with Gasteiger partial charge in [0.15, 0.2) is 0 Å². The summed E-state index contributed by atoms with van der Waals surface area (Å²) in [5.41, 5.74) is 13.3. The standard InChI is InChI=1S/C52H38N4O.Pt/c1-51(2,3)56-48-27-14-13-26-47(48)55(57-56)39-19-15-18-37(33-39)52(44-23-10-7-20-40(44)41-21-8-11-24-45(41)52)38-28-29-43-42-22-9-12-25-46(42)54(49(43)34-38)50-32-36(30-31-53-50)35-16-5-4-6-17-35;/h4-32H,1-3H3;/q-2;/p+1. The van der Waals surface area contributed by atoms with E-state index in [2.05, 4.69) is 212 Å². The Labute approximate surface area is 353 Å². The molecule has 7 aromatic carbocycles. The van der Waals surface area contributed by atoms with E-state index in [1.54, 1.807) is 0 Å². The quantitative estimate of drug-likeness (QED) is 0.127. The largest absolute Gasteiger partial charge is 0.319 e. The van der Waals surface area contributed by atoms with E-state index in [1.165, 1.54) is 22.3 Å². The first-order valence-electron chi connectivity index (χ1n) is 19.5. The molecule has 0 saturated carbocycles. The molecule has 2 aliphatic rings. The van der Waals surface area contributed by atoms with Gasteiger partial charge in [-0.05, 0) is 89.9 Å². The molecule has 284 valence electrons. The Morgan fingerprint density at radius 3 is 1.98 bits per heavy atom.